The highest BCUT2D eigenvalue weighted by Crippen LogP contribution is 2.27. The zero-order valence-electron chi connectivity index (χ0n) is 16.7. The summed E-state index contributed by atoms with van der Waals surface area (Å²) in [4.78, 5) is 8.89. The van der Waals surface area contributed by atoms with Gasteiger partial charge in [-0.15, -0.1) is 0 Å². The fraction of sp³-hybridized carbons (Fsp3) is 0.130. The summed E-state index contributed by atoms with van der Waals surface area (Å²) in [6.07, 6.45) is 2.45. The summed E-state index contributed by atoms with van der Waals surface area (Å²) in [5.74, 6) is 2.50. The summed E-state index contributed by atoms with van der Waals surface area (Å²) in [5, 5.41) is 16.9. The first-order valence-electron chi connectivity index (χ1n) is 9.58. The lowest BCUT2D eigenvalue weighted by molar-refractivity contribution is 0.442. The van der Waals surface area contributed by atoms with Crippen molar-refractivity contribution in [3.05, 3.63) is 83.8 Å². The van der Waals surface area contributed by atoms with Crippen LogP contribution in [0.2, 0.25) is 0 Å². The summed E-state index contributed by atoms with van der Waals surface area (Å²) in [5.41, 5.74) is 3.17. The molecule has 7 nitrogen and oxygen atoms in total. The Balaban J connectivity index is 1.61. The number of benzene rings is 1. The van der Waals surface area contributed by atoms with E-state index in [0.29, 0.717) is 28.8 Å². The monoisotopic (exact) mass is 396 g/mol. The van der Waals surface area contributed by atoms with Crippen LogP contribution in [0.15, 0.2) is 66.9 Å². The summed E-state index contributed by atoms with van der Waals surface area (Å²) in [7, 11) is 0. The molecular weight excluding hydrogens is 376 g/mol. The first-order chi connectivity index (χ1) is 14.6. The highest BCUT2D eigenvalue weighted by molar-refractivity contribution is 5.59. The summed E-state index contributed by atoms with van der Waals surface area (Å²) < 4.78 is 7.84. The van der Waals surface area contributed by atoms with Crippen molar-refractivity contribution in [1.82, 2.24) is 19.7 Å². The van der Waals surface area contributed by atoms with Gasteiger partial charge in [0, 0.05) is 29.7 Å². The first kappa shape index (κ1) is 19.2. The summed E-state index contributed by atoms with van der Waals surface area (Å²) >= 11 is 0. The van der Waals surface area contributed by atoms with Gasteiger partial charge in [-0.25, -0.2) is 9.97 Å². The average molecular weight is 396 g/mol. The van der Waals surface area contributed by atoms with E-state index >= 15 is 0 Å². The van der Waals surface area contributed by atoms with Gasteiger partial charge in [0.2, 0.25) is 5.88 Å². The number of nitrogens with one attached hydrogen (secondary N) is 1. The van der Waals surface area contributed by atoms with E-state index in [4.69, 9.17) is 10.00 Å². The Morgan fingerprint density at radius 1 is 1.10 bits per heavy atom. The van der Waals surface area contributed by atoms with Gasteiger partial charge >= 0.3 is 0 Å². The average Bonchev–Trinajstić information content (AvgIpc) is 3.17. The molecule has 30 heavy (non-hydrogen) atoms. The molecule has 0 aliphatic rings. The smallest absolute Gasteiger partial charge is 0.224 e. The molecule has 4 aromatic rings. The van der Waals surface area contributed by atoms with Gasteiger partial charge in [-0.3, -0.25) is 0 Å². The molecule has 4 rings (SSSR count). The second-order valence-corrected chi connectivity index (χ2v) is 6.67. The van der Waals surface area contributed by atoms with Gasteiger partial charge in [0.1, 0.15) is 11.6 Å². The Hall–Kier alpha value is -4.18. The van der Waals surface area contributed by atoms with Crippen LogP contribution in [0.4, 0.5) is 11.5 Å². The second kappa shape index (κ2) is 8.45. The fourth-order valence-electron chi connectivity index (χ4n) is 2.94. The van der Waals surface area contributed by atoms with E-state index in [1.807, 2.05) is 50.2 Å². The lowest BCUT2D eigenvalue weighted by atomic mass is 10.2. The highest BCUT2D eigenvalue weighted by Gasteiger charge is 2.13. The van der Waals surface area contributed by atoms with Crippen molar-refractivity contribution in [2.45, 2.75) is 20.3 Å². The quantitative estimate of drug-likeness (QED) is 0.496. The van der Waals surface area contributed by atoms with Crippen molar-refractivity contribution in [3.63, 3.8) is 0 Å². The number of hydrogen-bond acceptors (Lipinski definition) is 6. The maximum Gasteiger partial charge on any atom is 0.224 e. The molecule has 0 fully saturated rings. The molecule has 0 spiro atoms. The van der Waals surface area contributed by atoms with Crippen molar-refractivity contribution in [1.29, 1.82) is 5.26 Å². The number of hydrogen-bond donors (Lipinski definition) is 1. The molecule has 0 aliphatic carbocycles. The Morgan fingerprint density at radius 2 is 1.97 bits per heavy atom. The van der Waals surface area contributed by atoms with E-state index in [1.54, 1.807) is 35.1 Å². The zero-order chi connectivity index (χ0) is 20.9. The maximum absolute atomic E-state index is 9.07. The molecule has 0 amide bonds. The van der Waals surface area contributed by atoms with Crippen LogP contribution in [0, 0.1) is 18.3 Å². The topological polar surface area (TPSA) is 88.6 Å². The SMILES string of the molecule is CCc1cc(Oc2ccnc(Nc3cccc(C#N)c3)c2)n(-c2cccc(C)n2)n1. The molecule has 0 unspecified atom stereocenters. The fourth-order valence-corrected chi connectivity index (χ4v) is 2.94. The molecule has 3 heterocycles. The Morgan fingerprint density at radius 3 is 2.77 bits per heavy atom. The number of rotatable bonds is 6. The number of pyridine rings is 2. The molecule has 0 bridgehead atoms. The third kappa shape index (κ3) is 4.28. The minimum Gasteiger partial charge on any atom is -0.439 e. The van der Waals surface area contributed by atoms with E-state index < -0.39 is 0 Å². The summed E-state index contributed by atoms with van der Waals surface area (Å²) in [6, 6.07) is 20.6. The largest absolute Gasteiger partial charge is 0.439 e. The normalized spacial score (nSPS) is 10.4. The van der Waals surface area contributed by atoms with Gasteiger partial charge in [0.15, 0.2) is 5.82 Å². The van der Waals surface area contributed by atoms with Crippen molar-refractivity contribution in [2.75, 3.05) is 5.32 Å². The van der Waals surface area contributed by atoms with Crippen molar-refractivity contribution >= 4 is 11.5 Å². The van der Waals surface area contributed by atoms with Crippen LogP contribution in [-0.4, -0.2) is 19.7 Å². The number of nitrogens with zero attached hydrogens (tertiary/aromatic N) is 5. The third-order valence-corrected chi connectivity index (χ3v) is 4.40. The van der Waals surface area contributed by atoms with Crippen molar-refractivity contribution < 1.29 is 4.74 Å². The molecule has 3 aromatic heterocycles. The molecule has 1 aromatic carbocycles. The minimum absolute atomic E-state index is 0.577. The van der Waals surface area contributed by atoms with E-state index in [1.165, 1.54) is 0 Å². The number of anilines is 2. The lowest BCUT2D eigenvalue weighted by Gasteiger charge is -2.10. The van der Waals surface area contributed by atoms with E-state index in [-0.39, 0.29) is 0 Å². The third-order valence-electron chi connectivity index (χ3n) is 4.40. The van der Waals surface area contributed by atoms with E-state index in [9.17, 15) is 0 Å². The predicted molar refractivity (Wildman–Crippen MR) is 114 cm³/mol. The standard InChI is InChI=1S/C23H20N6O/c1-3-18-13-23(29(28-18)22-9-4-6-16(2)26-22)30-20-10-11-25-21(14-20)27-19-8-5-7-17(12-19)15-24/h4-14H,3H2,1-2H3,(H,25,27). The van der Waals surface area contributed by atoms with E-state index in [2.05, 4.69) is 26.5 Å². The Kier molecular flexibility index (Phi) is 5.39. The molecule has 0 saturated carbocycles. The molecule has 148 valence electrons. The molecule has 0 radical (unpaired) electrons. The van der Waals surface area contributed by atoms with Gasteiger partial charge in [-0.05, 0) is 49.7 Å². The maximum atomic E-state index is 9.07. The Labute approximate surface area is 174 Å². The molecule has 0 aliphatic heterocycles. The van der Waals surface area contributed by atoms with Crippen LogP contribution in [0.3, 0.4) is 0 Å². The number of aryl methyl sites for hydroxylation is 2. The zero-order valence-corrected chi connectivity index (χ0v) is 16.7. The second-order valence-electron chi connectivity index (χ2n) is 6.67. The number of ether oxygens (including phenoxy) is 1. The molecule has 7 heteroatoms. The van der Waals surface area contributed by atoms with Gasteiger partial charge in [-0.2, -0.15) is 15.0 Å². The molecule has 0 atom stereocenters. The molecular formula is C23H20N6O. The van der Waals surface area contributed by atoms with Crippen LogP contribution in [0.1, 0.15) is 23.9 Å². The first-order valence-corrected chi connectivity index (χ1v) is 9.58. The van der Waals surface area contributed by atoms with E-state index in [0.717, 1.165) is 23.5 Å². The minimum atomic E-state index is 0.577. The predicted octanol–water partition coefficient (Wildman–Crippen LogP) is 4.94. The number of nitriles is 1. The molecule has 1 N–H and O–H groups in total. The van der Waals surface area contributed by atoms with Crippen molar-refractivity contribution in [2.24, 2.45) is 0 Å². The van der Waals surface area contributed by atoms with Gasteiger partial charge in [-0.1, -0.05) is 19.1 Å². The van der Waals surface area contributed by atoms with Gasteiger partial charge in [0.25, 0.3) is 0 Å². The van der Waals surface area contributed by atoms with Crippen LogP contribution in [-0.2, 0) is 6.42 Å². The van der Waals surface area contributed by atoms with Gasteiger partial charge in [0.05, 0.1) is 17.3 Å². The van der Waals surface area contributed by atoms with Crippen LogP contribution >= 0.6 is 0 Å². The van der Waals surface area contributed by atoms with Gasteiger partial charge < -0.3 is 10.1 Å². The van der Waals surface area contributed by atoms with Crippen LogP contribution in [0.25, 0.3) is 5.82 Å². The molecule has 0 saturated heterocycles. The Bertz CT molecular complexity index is 1220. The van der Waals surface area contributed by atoms with Crippen molar-refractivity contribution in [3.8, 4) is 23.5 Å². The number of aromatic nitrogens is 4. The lowest BCUT2D eigenvalue weighted by Crippen LogP contribution is -2.03. The summed E-state index contributed by atoms with van der Waals surface area (Å²) in [6.45, 7) is 3.99. The van der Waals surface area contributed by atoms with Crippen LogP contribution < -0.4 is 10.1 Å². The highest BCUT2D eigenvalue weighted by atomic mass is 16.5. The van der Waals surface area contributed by atoms with Crippen LogP contribution in [0.5, 0.6) is 11.6 Å².